The molecular weight excluding hydrogens is 448 g/mol. The van der Waals surface area contributed by atoms with E-state index in [0.29, 0.717) is 18.2 Å². The van der Waals surface area contributed by atoms with E-state index in [1.54, 1.807) is 10.8 Å². The second-order valence-corrected chi connectivity index (χ2v) is 8.92. The molecule has 0 bridgehead atoms. The predicted molar refractivity (Wildman–Crippen MR) is 136 cm³/mol. The summed E-state index contributed by atoms with van der Waals surface area (Å²) < 4.78 is 10.1. The van der Waals surface area contributed by atoms with Gasteiger partial charge in [0.25, 0.3) is 0 Å². The number of hydrogen-bond acceptors (Lipinski definition) is 5. The van der Waals surface area contributed by atoms with Gasteiger partial charge in [-0.15, -0.1) is 5.10 Å². The lowest BCUT2D eigenvalue weighted by molar-refractivity contribution is 0.402. The summed E-state index contributed by atoms with van der Waals surface area (Å²) in [5, 5.41) is 9.63. The van der Waals surface area contributed by atoms with Gasteiger partial charge in [-0.05, 0) is 30.2 Å². The van der Waals surface area contributed by atoms with Gasteiger partial charge in [-0.25, -0.2) is 19.2 Å². The number of ether oxygens (including phenoxy) is 1. The molecule has 1 atom stereocenters. The average Bonchev–Trinajstić information content (AvgIpc) is 3.49. The molecule has 0 saturated carbocycles. The van der Waals surface area contributed by atoms with Gasteiger partial charge in [0.15, 0.2) is 11.5 Å². The van der Waals surface area contributed by atoms with Crippen LogP contribution in [0.25, 0.3) is 11.3 Å². The first-order valence-electron chi connectivity index (χ1n) is 11.9. The molecular formula is C29H22N6O. The Balaban J connectivity index is 1.44. The van der Waals surface area contributed by atoms with Crippen LogP contribution in [0.1, 0.15) is 39.7 Å². The number of nitrogens with zero attached hydrogens (tertiary/aromatic N) is 6. The summed E-state index contributed by atoms with van der Waals surface area (Å²) in [7, 11) is 0. The van der Waals surface area contributed by atoms with Crippen molar-refractivity contribution in [2.75, 3.05) is 0 Å². The summed E-state index contributed by atoms with van der Waals surface area (Å²) in [6.45, 7) is 2.03. The number of benzene rings is 3. The van der Waals surface area contributed by atoms with Crippen LogP contribution in [0.2, 0.25) is 0 Å². The Morgan fingerprint density at radius 3 is 2.25 bits per heavy atom. The standard InChI is InChI=1S/C29H22N6O/c1-19-24-25(21-13-7-3-8-14-21)26-27-31-23(17-20-11-5-2-6-12-20)33-34(27)18-30-28(26)36-29(24)35(32-19)22-15-9-4-10-16-22/h2-16,18,25H,17H2,1H3/t25-/m1/s1. The van der Waals surface area contributed by atoms with Crippen molar-refractivity contribution in [3.8, 4) is 17.4 Å². The molecule has 0 unspecified atom stereocenters. The van der Waals surface area contributed by atoms with Gasteiger partial charge in [0, 0.05) is 6.42 Å². The summed E-state index contributed by atoms with van der Waals surface area (Å²) >= 11 is 0. The largest absolute Gasteiger partial charge is 0.420 e. The van der Waals surface area contributed by atoms with Gasteiger partial charge in [-0.3, -0.25) is 0 Å². The summed E-state index contributed by atoms with van der Waals surface area (Å²) in [5.41, 5.74) is 6.79. The highest BCUT2D eigenvalue weighted by Gasteiger charge is 2.38. The van der Waals surface area contributed by atoms with Gasteiger partial charge in [-0.2, -0.15) is 5.10 Å². The van der Waals surface area contributed by atoms with E-state index in [2.05, 4.69) is 41.4 Å². The highest BCUT2D eigenvalue weighted by molar-refractivity contribution is 5.66. The second kappa shape index (κ2) is 8.16. The van der Waals surface area contributed by atoms with Crippen molar-refractivity contribution in [3.05, 3.63) is 131 Å². The van der Waals surface area contributed by atoms with Gasteiger partial charge in [0.2, 0.25) is 11.8 Å². The van der Waals surface area contributed by atoms with Gasteiger partial charge >= 0.3 is 0 Å². The second-order valence-electron chi connectivity index (χ2n) is 8.92. The zero-order valence-corrected chi connectivity index (χ0v) is 19.6. The third kappa shape index (κ3) is 3.28. The van der Waals surface area contributed by atoms with E-state index >= 15 is 0 Å². The summed E-state index contributed by atoms with van der Waals surface area (Å²) in [6.07, 6.45) is 2.32. The van der Waals surface area contributed by atoms with Gasteiger partial charge in [-0.1, -0.05) is 78.9 Å². The number of para-hydroxylation sites is 1. The van der Waals surface area contributed by atoms with Crippen LogP contribution in [0, 0.1) is 6.92 Å². The highest BCUT2D eigenvalue weighted by Crippen LogP contribution is 2.49. The minimum absolute atomic E-state index is 0.146. The maximum absolute atomic E-state index is 6.48. The van der Waals surface area contributed by atoms with Crippen molar-refractivity contribution < 1.29 is 4.74 Å². The van der Waals surface area contributed by atoms with Gasteiger partial charge in [0.05, 0.1) is 28.4 Å². The number of fused-ring (bicyclic) bond motifs is 4. The van der Waals surface area contributed by atoms with E-state index in [4.69, 9.17) is 19.9 Å². The topological polar surface area (TPSA) is 70.1 Å². The molecule has 1 aliphatic heterocycles. The van der Waals surface area contributed by atoms with Crippen LogP contribution in [-0.2, 0) is 6.42 Å². The molecule has 0 saturated heterocycles. The maximum Gasteiger partial charge on any atom is 0.230 e. The quantitative estimate of drug-likeness (QED) is 0.340. The molecule has 6 aromatic rings. The molecule has 174 valence electrons. The zero-order valence-electron chi connectivity index (χ0n) is 19.6. The molecule has 0 N–H and O–H groups in total. The fourth-order valence-corrected chi connectivity index (χ4v) is 5.00. The van der Waals surface area contributed by atoms with Crippen molar-refractivity contribution in [3.63, 3.8) is 0 Å². The lowest BCUT2D eigenvalue weighted by Gasteiger charge is -2.26. The monoisotopic (exact) mass is 470 g/mol. The molecule has 0 spiro atoms. The van der Waals surface area contributed by atoms with Crippen LogP contribution in [0.4, 0.5) is 0 Å². The van der Waals surface area contributed by atoms with Crippen molar-refractivity contribution in [2.45, 2.75) is 19.3 Å². The first-order valence-corrected chi connectivity index (χ1v) is 11.9. The highest BCUT2D eigenvalue weighted by atomic mass is 16.5. The number of rotatable bonds is 4. The molecule has 36 heavy (non-hydrogen) atoms. The third-order valence-corrected chi connectivity index (χ3v) is 6.60. The predicted octanol–water partition coefficient (Wildman–Crippen LogP) is 5.50. The molecule has 7 nitrogen and oxygen atoms in total. The normalized spacial score (nSPS) is 14.3. The Morgan fingerprint density at radius 1 is 0.806 bits per heavy atom. The molecule has 0 radical (unpaired) electrons. The van der Waals surface area contributed by atoms with E-state index < -0.39 is 0 Å². The van der Waals surface area contributed by atoms with E-state index in [1.165, 1.54) is 0 Å². The molecule has 3 aromatic carbocycles. The van der Waals surface area contributed by atoms with Crippen molar-refractivity contribution in [2.24, 2.45) is 0 Å². The van der Waals surface area contributed by atoms with Gasteiger partial charge < -0.3 is 4.74 Å². The molecule has 0 amide bonds. The molecule has 7 heteroatoms. The lowest BCUT2D eigenvalue weighted by Crippen LogP contribution is -2.16. The summed E-state index contributed by atoms with van der Waals surface area (Å²) in [5.74, 6) is 1.80. The van der Waals surface area contributed by atoms with E-state index in [9.17, 15) is 0 Å². The number of aromatic nitrogens is 6. The molecule has 3 aromatic heterocycles. The Hall–Kier alpha value is -4.78. The fraction of sp³-hybridized carbons (Fsp3) is 0.103. The van der Waals surface area contributed by atoms with Crippen LogP contribution in [-0.4, -0.2) is 29.4 Å². The van der Waals surface area contributed by atoms with Crippen molar-refractivity contribution in [1.82, 2.24) is 29.4 Å². The number of aryl methyl sites for hydroxylation is 1. The van der Waals surface area contributed by atoms with Crippen LogP contribution in [0.5, 0.6) is 11.8 Å². The fourth-order valence-electron chi connectivity index (χ4n) is 5.00. The van der Waals surface area contributed by atoms with Crippen LogP contribution < -0.4 is 4.74 Å². The van der Waals surface area contributed by atoms with Crippen LogP contribution in [0.3, 0.4) is 0 Å². The van der Waals surface area contributed by atoms with Crippen LogP contribution in [0.15, 0.2) is 97.3 Å². The van der Waals surface area contributed by atoms with E-state index in [-0.39, 0.29) is 5.92 Å². The minimum atomic E-state index is -0.146. The number of hydrogen-bond donors (Lipinski definition) is 0. The third-order valence-electron chi connectivity index (χ3n) is 6.60. The van der Waals surface area contributed by atoms with Gasteiger partial charge in [0.1, 0.15) is 6.33 Å². The average molecular weight is 471 g/mol. The van der Waals surface area contributed by atoms with E-state index in [1.807, 2.05) is 66.2 Å². The Morgan fingerprint density at radius 2 is 1.50 bits per heavy atom. The maximum atomic E-state index is 6.48. The van der Waals surface area contributed by atoms with E-state index in [0.717, 1.165) is 45.1 Å². The first-order chi connectivity index (χ1) is 17.8. The molecule has 7 rings (SSSR count). The van der Waals surface area contributed by atoms with Crippen molar-refractivity contribution in [1.29, 1.82) is 0 Å². The SMILES string of the molecule is Cc1nn(-c2ccccc2)c2c1[C@@H](c1ccccc1)c1c(ncn3nc(Cc4ccccc4)nc13)O2. The Bertz CT molecular complexity index is 1690. The minimum Gasteiger partial charge on any atom is -0.420 e. The lowest BCUT2D eigenvalue weighted by atomic mass is 9.84. The Kier molecular flexibility index (Phi) is 4.67. The van der Waals surface area contributed by atoms with Crippen molar-refractivity contribution >= 4 is 5.65 Å². The molecule has 0 fully saturated rings. The first kappa shape index (κ1) is 20.6. The van der Waals surface area contributed by atoms with Crippen LogP contribution >= 0.6 is 0 Å². The molecule has 4 heterocycles. The summed E-state index contributed by atoms with van der Waals surface area (Å²) in [6, 6.07) is 30.7. The molecule has 0 aliphatic carbocycles. The smallest absolute Gasteiger partial charge is 0.230 e. The summed E-state index contributed by atoms with van der Waals surface area (Å²) in [4.78, 5) is 9.65. The molecule has 1 aliphatic rings. The Labute approximate surface area is 207 Å². The zero-order chi connectivity index (χ0) is 24.1.